The van der Waals surface area contributed by atoms with Crippen molar-refractivity contribution in [2.24, 2.45) is 5.92 Å². The number of piperidine rings is 1. The number of nitrogens with one attached hydrogen (secondary N) is 1. The molecule has 0 saturated carbocycles. The van der Waals surface area contributed by atoms with Crippen LogP contribution in [0.25, 0.3) is 5.82 Å². The average Bonchev–Trinajstić information content (AvgIpc) is 3.46. The lowest BCUT2D eigenvalue weighted by Gasteiger charge is -2.32. The quantitative estimate of drug-likeness (QED) is 0.728. The van der Waals surface area contributed by atoms with Crippen molar-refractivity contribution in [3.05, 3.63) is 49.1 Å². The van der Waals surface area contributed by atoms with Gasteiger partial charge < -0.3 is 19.7 Å². The molecule has 2 aromatic heterocycles. The second kappa shape index (κ2) is 7.42. The van der Waals surface area contributed by atoms with E-state index in [4.69, 9.17) is 9.47 Å². The van der Waals surface area contributed by atoms with Gasteiger partial charge in [0, 0.05) is 37.2 Å². The molecule has 9 nitrogen and oxygen atoms in total. The van der Waals surface area contributed by atoms with Crippen LogP contribution in [-0.2, 0) is 4.79 Å². The first-order valence-corrected chi connectivity index (χ1v) is 9.54. The van der Waals surface area contributed by atoms with Gasteiger partial charge in [-0.15, -0.1) is 10.2 Å². The van der Waals surface area contributed by atoms with Gasteiger partial charge in [0.15, 0.2) is 23.1 Å². The number of benzene rings is 1. The SMILES string of the molecule is O=C(Nc1ccc2c(c1)OCO2)C1CCCN(c2ccc(-n3ccnc3)nn2)C1. The molecule has 3 aromatic rings. The van der Waals surface area contributed by atoms with Crippen LogP contribution in [-0.4, -0.2) is 45.5 Å². The maximum Gasteiger partial charge on any atom is 0.231 e. The lowest BCUT2D eigenvalue weighted by atomic mass is 9.97. The predicted molar refractivity (Wildman–Crippen MR) is 105 cm³/mol. The Labute approximate surface area is 167 Å². The van der Waals surface area contributed by atoms with Crippen LogP contribution in [0, 0.1) is 5.92 Å². The first kappa shape index (κ1) is 17.5. The van der Waals surface area contributed by atoms with Gasteiger partial charge in [-0.2, -0.15) is 0 Å². The van der Waals surface area contributed by atoms with Gasteiger partial charge in [-0.3, -0.25) is 9.36 Å². The highest BCUT2D eigenvalue weighted by atomic mass is 16.7. The Bertz CT molecular complexity index is 1010. The number of hydrogen-bond acceptors (Lipinski definition) is 7. The van der Waals surface area contributed by atoms with Crippen LogP contribution in [0.4, 0.5) is 11.5 Å². The van der Waals surface area contributed by atoms with E-state index in [0.717, 1.165) is 25.2 Å². The maximum atomic E-state index is 12.8. The molecule has 2 aliphatic heterocycles. The van der Waals surface area contributed by atoms with Gasteiger partial charge in [0.1, 0.15) is 6.33 Å². The molecule has 4 heterocycles. The van der Waals surface area contributed by atoms with E-state index in [1.54, 1.807) is 23.2 Å². The molecule has 1 amide bonds. The minimum atomic E-state index is -0.121. The van der Waals surface area contributed by atoms with E-state index in [9.17, 15) is 4.79 Å². The predicted octanol–water partition coefficient (Wildman–Crippen LogP) is 2.25. The summed E-state index contributed by atoms with van der Waals surface area (Å²) in [5, 5.41) is 11.6. The van der Waals surface area contributed by atoms with Crippen LogP contribution in [0.3, 0.4) is 0 Å². The maximum absolute atomic E-state index is 12.8. The minimum Gasteiger partial charge on any atom is -0.454 e. The molecule has 1 aromatic carbocycles. The molecular formula is C20H20N6O3. The Balaban J connectivity index is 1.25. The average molecular weight is 392 g/mol. The fourth-order valence-electron chi connectivity index (χ4n) is 3.64. The number of amides is 1. The Kier molecular flexibility index (Phi) is 4.47. The lowest BCUT2D eigenvalue weighted by Crippen LogP contribution is -2.41. The second-order valence-corrected chi connectivity index (χ2v) is 7.06. The summed E-state index contributed by atoms with van der Waals surface area (Å²) in [6.45, 7) is 1.67. The third-order valence-corrected chi connectivity index (χ3v) is 5.16. The van der Waals surface area contributed by atoms with Crippen LogP contribution >= 0.6 is 0 Å². The summed E-state index contributed by atoms with van der Waals surface area (Å²) in [7, 11) is 0. The first-order valence-electron chi connectivity index (χ1n) is 9.54. The molecule has 2 aliphatic rings. The van der Waals surface area contributed by atoms with Gasteiger partial charge in [0.25, 0.3) is 0 Å². The van der Waals surface area contributed by atoms with Crippen molar-refractivity contribution in [3.8, 4) is 17.3 Å². The molecule has 1 saturated heterocycles. The molecule has 0 radical (unpaired) electrons. The monoisotopic (exact) mass is 392 g/mol. The second-order valence-electron chi connectivity index (χ2n) is 7.06. The van der Waals surface area contributed by atoms with E-state index in [0.29, 0.717) is 29.5 Å². The number of hydrogen-bond donors (Lipinski definition) is 1. The summed E-state index contributed by atoms with van der Waals surface area (Å²) < 4.78 is 12.5. The van der Waals surface area contributed by atoms with Crippen LogP contribution in [0.5, 0.6) is 11.5 Å². The van der Waals surface area contributed by atoms with Gasteiger partial charge >= 0.3 is 0 Å². The van der Waals surface area contributed by atoms with Crippen molar-refractivity contribution in [2.45, 2.75) is 12.8 Å². The van der Waals surface area contributed by atoms with Crippen molar-refractivity contribution in [1.82, 2.24) is 19.7 Å². The zero-order valence-corrected chi connectivity index (χ0v) is 15.7. The van der Waals surface area contributed by atoms with E-state index in [2.05, 4.69) is 25.4 Å². The highest BCUT2D eigenvalue weighted by Gasteiger charge is 2.27. The van der Waals surface area contributed by atoms with Crippen LogP contribution in [0.2, 0.25) is 0 Å². The Morgan fingerprint density at radius 3 is 2.79 bits per heavy atom. The molecule has 1 N–H and O–H groups in total. The van der Waals surface area contributed by atoms with Crippen molar-refractivity contribution in [3.63, 3.8) is 0 Å². The van der Waals surface area contributed by atoms with Crippen molar-refractivity contribution in [2.75, 3.05) is 30.1 Å². The number of nitrogens with zero attached hydrogens (tertiary/aromatic N) is 5. The number of aromatic nitrogens is 4. The molecule has 1 unspecified atom stereocenters. The third kappa shape index (κ3) is 3.58. The standard InChI is InChI=1S/C20H20N6O3/c27-20(22-15-3-4-16-17(10-15)29-13-28-16)14-2-1-8-25(11-14)18-5-6-19(24-23-18)26-9-7-21-12-26/h3-7,9-10,12,14H,1-2,8,11,13H2,(H,22,27). The number of ether oxygens (including phenoxy) is 2. The molecule has 9 heteroatoms. The van der Waals surface area contributed by atoms with Crippen LogP contribution < -0.4 is 19.7 Å². The van der Waals surface area contributed by atoms with Crippen molar-refractivity contribution >= 4 is 17.4 Å². The van der Waals surface area contributed by atoms with Crippen molar-refractivity contribution < 1.29 is 14.3 Å². The summed E-state index contributed by atoms with van der Waals surface area (Å²) in [6, 6.07) is 9.26. The first-order chi connectivity index (χ1) is 14.3. The highest BCUT2D eigenvalue weighted by molar-refractivity contribution is 5.93. The van der Waals surface area contributed by atoms with E-state index in [-0.39, 0.29) is 18.6 Å². The third-order valence-electron chi connectivity index (χ3n) is 5.16. The zero-order chi connectivity index (χ0) is 19.6. The summed E-state index contributed by atoms with van der Waals surface area (Å²) in [6.07, 6.45) is 6.96. The largest absolute Gasteiger partial charge is 0.454 e. The molecule has 5 rings (SSSR count). The molecule has 1 atom stereocenters. The van der Waals surface area contributed by atoms with Gasteiger partial charge in [-0.25, -0.2) is 4.98 Å². The number of rotatable bonds is 4. The normalized spacial score (nSPS) is 17.9. The molecule has 148 valence electrons. The lowest BCUT2D eigenvalue weighted by molar-refractivity contribution is -0.120. The molecule has 0 spiro atoms. The fourth-order valence-corrected chi connectivity index (χ4v) is 3.64. The van der Waals surface area contributed by atoms with Gasteiger partial charge in [0.2, 0.25) is 12.7 Å². The Hall–Kier alpha value is -3.62. The number of carbonyl (C=O) groups is 1. The number of carbonyl (C=O) groups excluding carboxylic acids is 1. The van der Waals surface area contributed by atoms with E-state index < -0.39 is 0 Å². The summed E-state index contributed by atoms with van der Waals surface area (Å²) in [5.74, 6) is 2.71. The number of imidazole rings is 1. The smallest absolute Gasteiger partial charge is 0.231 e. The fraction of sp³-hybridized carbons (Fsp3) is 0.300. The summed E-state index contributed by atoms with van der Waals surface area (Å²) >= 11 is 0. The summed E-state index contributed by atoms with van der Waals surface area (Å²) in [5.41, 5.74) is 0.709. The molecule has 0 bridgehead atoms. The molecule has 29 heavy (non-hydrogen) atoms. The van der Waals surface area contributed by atoms with Gasteiger partial charge in [-0.1, -0.05) is 0 Å². The number of fused-ring (bicyclic) bond motifs is 1. The Morgan fingerprint density at radius 1 is 1.10 bits per heavy atom. The number of anilines is 2. The summed E-state index contributed by atoms with van der Waals surface area (Å²) in [4.78, 5) is 18.9. The van der Waals surface area contributed by atoms with Crippen LogP contribution in [0.15, 0.2) is 49.1 Å². The van der Waals surface area contributed by atoms with E-state index in [1.807, 2.05) is 30.5 Å². The Morgan fingerprint density at radius 2 is 1.97 bits per heavy atom. The van der Waals surface area contributed by atoms with Crippen LogP contribution in [0.1, 0.15) is 12.8 Å². The van der Waals surface area contributed by atoms with Gasteiger partial charge in [0.05, 0.1) is 5.92 Å². The zero-order valence-electron chi connectivity index (χ0n) is 15.7. The molecule has 1 fully saturated rings. The minimum absolute atomic E-state index is 0.00319. The van der Waals surface area contributed by atoms with Crippen molar-refractivity contribution in [1.29, 1.82) is 0 Å². The van der Waals surface area contributed by atoms with E-state index >= 15 is 0 Å². The molecular weight excluding hydrogens is 372 g/mol. The van der Waals surface area contributed by atoms with E-state index in [1.165, 1.54) is 0 Å². The molecule has 0 aliphatic carbocycles. The highest BCUT2D eigenvalue weighted by Crippen LogP contribution is 2.34. The van der Waals surface area contributed by atoms with Gasteiger partial charge in [-0.05, 0) is 37.1 Å². The topological polar surface area (TPSA) is 94.4 Å².